The number of methoxy groups -OCH3 is 1. The zero-order valence-corrected chi connectivity index (χ0v) is 9.93. The molecule has 0 spiro atoms. The summed E-state index contributed by atoms with van der Waals surface area (Å²) in [4.78, 5) is 10.9. The molecule has 0 radical (unpaired) electrons. The van der Waals surface area contributed by atoms with Crippen LogP contribution < -0.4 is 4.74 Å². The van der Waals surface area contributed by atoms with E-state index in [1.165, 1.54) is 14.0 Å². The van der Waals surface area contributed by atoms with Crippen LogP contribution in [0.4, 0.5) is 4.39 Å². The van der Waals surface area contributed by atoms with E-state index in [1.54, 1.807) is 6.92 Å². The van der Waals surface area contributed by atoms with Crippen LogP contribution in [0.15, 0.2) is 6.07 Å². The summed E-state index contributed by atoms with van der Waals surface area (Å²) < 4.78 is 18.4. The predicted octanol–water partition coefficient (Wildman–Crippen LogP) is 2.98. The predicted molar refractivity (Wildman–Crippen MR) is 58.7 cm³/mol. The van der Waals surface area contributed by atoms with E-state index in [0.29, 0.717) is 5.56 Å². The molecule has 1 aromatic carbocycles. The van der Waals surface area contributed by atoms with Crippen LogP contribution in [-0.4, -0.2) is 18.2 Å². The van der Waals surface area contributed by atoms with Crippen molar-refractivity contribution in [2.24, 2.45) is 0 Å². The summed E-state index contributed by atoms with van der Waals surface area (Å²) in [6.45, 7) is 3.10. The monoisotopic (exact) mass is 246 g/mol. The van der Waals surface area contributed by atoms with Gasteiger partial charge in [-0.15, -0.1) is 0 Å². The molecule has 1 rings (SSSR count). The van der Waals surface area contributed by atoms with Crippen molar-refractivity contribution in [2.45, 2.75) is 19.8 Å². The average molecular weight is 247 g/mol. The SMILES string of the molecule is COc1c(F)cc(Cl)c(C)c1C(C)C(=O)O. The van der Waals surface area contributed by atoms with E-state index in [-0.39, 0.29) is 16.3 Å². The first kappa shape index (κ1) is 12.8. The lowest BCUT2D eigenvalue weighted by Gasteiger charge is -2.16. The molecule has 88 valence electrons. The third-order valence-corrected chi connectivity index (χ3v) is 2.88. The number of hydrogen-bond donors (Lipinski definition) is 1. The van der Waals surface area contributed by atoms with Crippen molar-refractivity contribution in [2.75, 3.05) is 7.11 Å². The minimum Gasteiger partial charge on any atom is -0.493 e. The maximum absolute atomic E-state index is 13.5. The van der Waals surface area contributed by atoms with Crippen molar-refractivity contribution in [3.05, 3.63) is 28.0 Å². The summed E-state index contributed by atoms with van der Waals surface area (Å²) in [6.07, 6.45) is 0. The molecule has 0 aliphatic heterocycles. The quantitative estimate of drug-likeness (QED) is 0.892. The number of carboxylic acid groups (broad SMARTS) is 1. The summed E-state index contributed by atoms with van der Waals surface area (Å²) >= 11 is 5.81. The molecule has 1 aromatic rings. The number of hydrogen-bond acceptors (Lipinski definition) is 2. The summed E-state index contributed by atoms with van der Waals surface area (Å²) in [6, 6.07) is 1.12. The molecule has 1 atom stereocenters. The fourth-order valence-corrected chi connectivity index (χ4v) is 1.76. The molecule has 1 unspecified atom stereocenters. The number of carbonyl (C=O) groups is 1. The Morgan fingerprint density at radius 3 is 2.62 bits per heavy atom. The number of benzene rings is 1. The Balaban J connectivity index is 3.50. The number of ether oxygens (including phenoxy) is 1. The van der Waals surface area contributed by atoms with E-state index in [9.17, 15) is 9.18 Å². The molecule has 0 aromatic heterocycles. The van der Waals surface area contributed by atoms with E-state index >= 15 is 0 Å². The lowest BCUT2D eigenvalue weighted by atomic mass is 9.95. The van der Waals surface area contributed by atoms with Gasteiger partial charge in [0.15, 0.2) is 11.6 Å². The maximum Gasteiger partial charge on any atom is 0.310 e. The van der Waals surface area contributed by atoms with Gasteiger partial charge in [-0.2, -0.15) is 0 Å². The normalized spacial score (nSPS) is 12.3. The molecule has 1 N–H and O–H groups in total. The standard InChI is InChI=1S/C11H12ClFO3/c1-5-7(12)4-8(13)10(16-3)9(5)6(2)11(14)15/h4,6H,1-3H3,(H,14,15). The molecule has 5 heteroatoms. The largest absolute Gasteiger partial charge is 0.493 e. The van der Waals surface area contributed by atoms with Crippen LogP contribution >= 0.6 is 11.6 Å². The summed E-state index contributed by atoms with van der Waals surface area (Å²) in [7, 11) is 1.30. The molecule has 0 fully saturated rings. The van der Waals surface area contributed by atoms with Crippen molar-refractivity contribution in [3.63, 3.8) is 0 Å². The van der Waals surface area contributed by atoms with Crippen LogP contribution in [0.1, 0.15) is 24.0 Å². The number of halogens is 2. The van der Waals surface area contributed by atoms with E-state index in [4.69, 9.17) is 21.4 Å². The molecule has 0 aliphatic carbocycles. The van der Waals surface area contributed by atoms with Gasteiger partial charge in [-0.3, -0.25) is 4.79 Å². The van der Waals surface area contributed by atoms with Crippen LogP contribution in [0.3, 0.4) is 0 Å². The van der Waals surface area contributed by atoms with Gasteiger partial charge in [0.2, 0.25) is 0 Å². The van der Waals surface area contributed by atoms with Crippen molar-refractivity contribution in [1.82, 2.24) is 0 Å². The number of carboxylic acids is 1. The van der Waals surface area contributed by atoms with Gasteiger partial charge in [0, 0.05) is 10.6 Å². The van der Waals surface area contributed by atoms with E-state index in [1.807, 2.05) is 0 Å². The summed E-state index contributed by atoms with van der Waals surface area (Å²) in [5.41, 5.74) is 0.801. The fraction of sp³-hybridized carbons (Fsp3) is 0.364. The summed E-state index contributed by atoms with van der Waals surface area (Å²) in [5.74, 6) is -2.63. The van der Waals surface area contributed by atoms with Crippen LogP contribution in [0.25, 0.3) is 0 Å². The first-order chi connectivity index (χ1) is 7.40. The molecule has 0 saturated carbocycles. The van der Waals surface area contributed by atoms with Crippen LogP contribution in [0.2, 0.25) is 5.02 Å². The number of aliphatic carboxylic acids is 1. The van der Waals surface area contributed by atoms with Gasteiger partial charge in [0.25, 0.3) is 0 Å². The topological polar surface area (TPSA) is 46.5 Å². The molecular formula is C11H12ClFO3. The van der Waals surface area contributed by atoms with Gasteiger partial charge in [0.05, 0.1) is 13.0 Å². The minimum absolute atomic E-state index is 0.0585. The molecule has 0 heterocycles. The Morgan fingerprint density at radius 1 is 1.62 bits per heavy atom. The minimum atomic E-state index is -1.05. The lowest BCUT2D eigenvalue weighted by Crippen LogP contribution is -2.12. The van der Waals surface area contributed by atoms with Crippen molar-refractivity contribution in [1.29, 1.82) is 0 Å². The van der Waals surface area contributed by atoms with Gasteiger partial charge in [-0.1, -0.05) is 11.6 Å². The Kier molecular flexibility index (Phi) is 3.75. The molecule has 16 heavy (non-hydrogen) atoms. The second kappa shape index (κ2) is 4.70. The third kappa shape index (κ3) is 2.11. The fourth-order valence-electron chi connectivity index (χ4n) is 1.56. The van der Waals surface area contributed by atoms with Crippen molar-refractivity contribution < 1.29 is 19.0 Å². The Morgan fingerprint density at radius 2 is 2.19 bits per heavy atom. The van der Waals surface area contributed by atoms with Crippen molar-refractivity contribution >= 4 is 17.6 Å². The van der Waals surface area contributed by atoms with E-state index in [2.05, 4.69) is 0 Å². The number of rotatable bonds is 3. The summed E-state index contributed by atoms with van der Waals surface area (Å²) in [5, 5.41) is 9.14. The van der Waals surface area contributed by atoms with Gasteiger partial charge in [-0.05, 0) is 25.5 Å². The zero-order valence-electron chi connectivity index (χ0n) is 9.17. The Bertz CT molecular complexity index is 432. The molecule has 3 nitrogen and oxygen atoms in total. The van der Waals surface area contributed by atoms with Gasteiger partial charge in [0.1, 0.15) is 0 Å². The van der Waals surface area contributed by atoms with Gasteiger partial charge < -0.3 is 9.84 Å². The third-order valence-electron chi connectivity index (χ3n) is 2.48. The second-order valence-electron chi connectivity index (χ2n) is 3.47. The zero-order chi connectivity index (χ0) is 12.5. The molecular weight excluding hydrogens is 235 g/mol. The highest BCUT2D eigenvalue weighted by molar-refractivity contribution is 6.31. The van der Waals surface area contributed by atoms with E-state index in [0.717, 1.165) is 6.07 Å². The first-order valence-electron chi connectivity index (χ1n) is 4.65. The molecule has 0 aliphatic rings. The van der Waals surface area contributed by atoms with Crippen LogP contribution in [0, 0.1) is 12.7 Å². The van der Waals surface area contributed by atoms with Gasteiger partial charge >= 0.3 is 5.97 Å². The Hall–Kier alpha value is -1.29. The van der Waals surface area contributed by atoms with Gasteiger partial charge in [-0.25, -0.2) is 4.39 Å². The average Bonchev–Trinajstić information content (AvgIpc) is 2.21. The smallest absolute Gasteiger partial charge is 0.310 e. The molecule has 0 saturated heterocycles. The molecule has 0 amide bonds. The highest BCUT2D eigenvalue weighted by Gasteiger charge is 2.24. The van der Waals surface area contributed by atoms with E-state index < -0.39 is 17.7 Å². The highest BCUT2D eigenvalue weighted by atomic mass is 35.5. The first-order valence-corrected chi connectivity index (χ1v) is 5.03. The van der Waals surface area contributed by atoms with Crippen molar-refractivity contribution in [3.8, 4) is 5.75 Å². The molecule has 0 bridgehead atoms. The second-order valence-corrected chi connectivity index (χ2v) is 3.88. The Labute approximate surface area is 97.8 Å². The van der Waals surface area contributed by atoms with Crippen LogP contribution in [-0.2, 0) is 4.79 Å². The van der Waals surface area contributed by atoms with Crippen LogP contribution in [0.5, 0.6) is 5.75 Å². The maximum atomic E-state index is 13.5. The highest BCUT2D eigenvalue weighted by Crippen LogP contribution is 2.36. The lowest BCUT2D eigenvalue weighted by molar-refractivity contribution is -0.138.